The molecule has 102 valence electrons. The maximum Gasteiger partial charge on any atom is 0.115 e. The average molecular weight is 273 g/mol. The zero-order chi connectivity index (χ0) is 14.4. The molecule has 0 saturated carbocycles. The van der Waals surface area contributed by atoms with Crippen LogP contribution in [0.25, 0.3) is 27.5 Å². The average Bonchev–Trinajstić information content (AvgIpc) is 2.87. The summed E-state index contributed by atoms with van der Waals surface area (Å²) in [6, 6.07) is 18.5. The lowest BCUT2D eigenvalue weighted by molar-refractivity contribution is 0.859. The molecule has 3 nitrogen and oxygen atoms in total. The Bertz CT molecular complexity index is 952. The van der Waals surface area contributed by atoms with Crippen molar-refractivity contribution in [3.63, 3.8) is 0 Å². The van der Waals surface area contributed by atoms with Gasteiger partial charge in [0.25, 0.3) is 0 Å². The van der Waals surface area contributed by atoms with Gasteiger partial charge in [0.2, 0.25) is 0 Å². The zero-order valence-electron chi connectivity index (χ0n) is 12.0. The maximum atomic E-state index is 4.79. The quantitative estimate of drug-likeness (QED) is 0.520. The number of benzene rings is 2. The van der Waals surface area contributed by atoms with Crippen LogP contribution in [0.1, 0.15) is 11.4 Å². The number of pyridine rings is 1. The second-order valence-corrected chi connectivity index (χ2v) is 5.27. The SMILES string of the molecule is Cc1nc2ccccc2c2c(C)n(-c3ccccc3)nc12. The third-order valence-corrected chi connectivity index (χ3v) is 3.92. The van der Waals surface area contributed by atoms with Gasteiger partial charge in [0, 0.05) is 16.5 Å². The van der Waals surface area contributed by atoms with Crippen molar-refractivity contribution < 1.29 is 0 Å². The Morgan fingerprint density at radius 2 is 1.57 bits per heavy atom. The molecule has 0 amide bonds. The van der Waals surface area contributed by atoms with Crippen molar-refractivity contribution in [2.75, 3.05) is 0 Å². The smallest absolute Gasteiger partial charge is 0.115 e. The third kappa shape index (κ3) is 1.74. The number of para-hydroxylation sites is 2. The van der Waals surface area contributed by atoms with Gasteiger partial charge in [0.1, 0.15) is 5.52 Å². The van der Waals surface area contributed by atoms with Gasteiger partial charge in [0.05, 0.1) is 16.9 Å². The van der Waals surface area contributed by atoms with Crippen LogP contribution >= 0.6 is 0 Å². The van der Waals surface area contributed by atoms with Crippen molar-refractivity contribution in [1.82, 2.24) is 14.8 Å². The molecule has 0 radical (unpaired) electrons. The van der Waals surface area contributed by atoms with Crippen LogP contribution < -0.4 is 0 Å². The molecule has 2 aromatic heterocycles. The van der Waals surface area contributed by atoms with E-state index in [9.17, 15) is 0 Å². The number of rotatable bonds is 1. The highest BCUT2D eigenvalue weighted by atomic mass is 15.3. The highest BCUT2D eigenvalue weighted by Crippen LogP contribution is 2.29. The van der Waals surface area contributed by atoms with Crippen molar-refractivity contribution in [3.8, 4) is 5.69 Å². The van der Waals surface area contributed by atoms with Crippen LogP contribution in [-0.2, 0) is 0 Å². The molecule has 0 aliphatic carbocycles. The summed E-state index contributed by atoms with van der Waals surface area (Å²) in [6.45, 7) is 4.14. The molecule has 21 heavy (non-hydrogen) atoms. The topological polar surface area (TPSA) is 30.7 Å². The molecule has 0 aliphatic heterocycles. The molecule has 4 rings (SSSR count). The van der Waals surface area contributed by atoms with Crippen LogP contribution in [0.2, 0.25) is 0 Å². The van der Waals surface area contributed by atoms with Crippen LogP contribution in [0, 0.1) is 13.8 Å². The third-order valence-electron chi connectivity index (χ3n) is 3.92. The standard InChI is InChI=1S/C18H15N3/c1-12-18-17(15-10-6-7-11-16(15)19-12)13(2)21(20-18)14-8-4-3-5-9-14/h3-11H,1-2H3. The largest absolute Gasteiger partial charge is 0.251 e. The van der Waals surface area contributed by atoms with E-state index in [1.165, 1.54) is 5.39 Å². The van der Waals surface area contributed by atoms with E-state index in [1.54, 1.807) is 0 Å². The molecule has 0 atom stereocenters. The van der Waals surface area contributed by atoms with Crippen LogP contribution in [0.15, 0.2) is 54.6 Å². The summed E-state index contributed by atoms with van der Waals surface area (Å²) >= 11 is 0. The van der Waals surface area contributed by atoms with Crippen molar-refractivity contribution in [2.45, 2.75) is 13.8 Å². The summed E-state index contributed by atoms with van der Waals surface area (Å²) in [6.07, 6.45) is 0. The zero-order valence-corrected chi connectivity index (χ0v) is 12.0. The predicted octanol–water partition coefficient (Wildman–Crippen LogP) is 4.19. The molecule has 0 unspecified atom stereocenters. The highest BCUT2D eigenvalue weighted by Gasteiger charge is 2.14. The summed E-state index contributed by atoms with van der Waals surface area (Å²) in [4.78, 5) is 4.68. The molecule has 0 fully saturated rings. The molecule has 4 aromatic rings. The molecule has 0 saturated heterocycles. The Morgan fingerprint density at radius 3 is 2.38 bits per heavy atom. The van der Waals surface area contributed by atoms with E-state index in [0.29, 0.717) is 0 Å². The van der Waals surface area contributed by atoms with Crippen LogP contribution in [-0.4, -0.2) is 14.8 Å². The van der Waals surface area contributed by atoms with Crippen molar-refractivity contribution in [1.29, 1.82) is 0 Å². The fourth-order valence-electron chi connectivity index (χ4n) is 2.91. The Hall–Kier alpha value is -2.68. The molecule has 2 aromatic carbocycles. The summed E-state index contributed by atoms with van der Waals surface area (Å²) < 4.78 is 2.01. The van der Waals surface area contributed by atoms with Crippen LogP contribution in [0.3, 0.4) is 0 Å². The number of aryl methyl sites for hydroxylation is 2. The first-order chi connectivity index (χ1) is 10.3. The van der Waals surface area contributed by atoms with E-state index in [0.717, 1.165) is 33.5 Å². The van der Waals surface area contributed by atoms with Gasteiger partial charge >= 0.3 is 0 Å². The van der Waals surface area contributed by atoms with Crippen LogP contribution in [0.4, 0.5) is 0 Å². The molecule has 3 heteroatoms. The summed E-state index contributed by atoms with van der Waals surface area (Å²) in [5.41, 5.74) is 5.21. The van der Waals surface area contributed by atoms with Gasteiger partial charge in [0.15, 0.2) is 0 Å². The lowest BCUT2D eigenvalue weighted by atomic mass is 10.1. The Balaban J connectivity index is 2.16. The Morgan fingerprint density at radius 1 is 0.857 bits per heavy atom. The van der Waals surface area contributed by atoms with Crippen molar-refractivity contribution in [2.24, 2.45) is 0 Å². The van der Waals surface area contributed by atoms with Crippen molar-refractivity contribution in [3.05, 3.63) is 66.0 Å². The minimum atomic E-state index is 0.974. The summed E-state index contributed by atoms with van der Waals surface area (Å²) in [7, 11) is 0. The highest BCUT2D eigenvalue weighted by molar-refractivity contribution is 6.06. The first-order valence-electron chi connectivity index (χ1n) is 7.06. The fourth-order valence-corrected chi connectivity index (χ4v) is 2.91. The first-order valence-corrected chi connectivity index (χ1v) is 7.06. The number of fused-ring (bicyclic) bond motifs is 3. The second-order valence-electron chi connectivity index (χ2n) is 5.27. The van der Waals surface area contributed by atoms with E-state index in [-0.39, 0.29) is 0 Å². The molecule has 0 spiro atoms. The van der Waals surface area contributed by atoms with E-state index in [1.807, 2.05) is 35.9 Å². The number of hydrogen-bond acceptors (Lipinski definition) is 2. The van der Waals surface area contributed by atoms with Gasteiger partial charge in [-0.05, 0) is 32.0 Å². The molecule has 0 bridgehead atoms. The molecular weight excluding hydrogens is 258 g/mol. The lowest BCUT2D eigenvalue weighted by Gasteiger charge is -2.03. The van der Waals surface area contributed by atoms with Gasteiger partial charge in [-0.25, -0.2) is 4.68 Å². The fraction of sp³-hybridized carbons (Fsp3) is 0.111. The molecule has 2 heterocycles. The van der Waals surface area contributed by atoms with Crippen molar-refractivity contribution >= 4 is 21.8 Å². The number of hydrogen-bond donors (Lipinski definition) is 0. The van der Waals surface area contributed by atoms with E-state index in [2.05, 4.69) is 42.2 Å². The van der Waals surface area contributed by atoms with Gasteiger partial charge in [-0.15, -0.1) is 0 Å². The van der Waals surface area contributed by atoms with Gasteiger partial charge in [-0.2, -0.15) is 5.10 Å². The summed E-state index contributed by atoms with van der Waals surface area (Å²) in [5, 5.41) is 7.15. The lowest BCUT2D eigenvalue weighted by Crippen LogP contribution is -1.97. The van der Waals surface area contributed by atoms with Gasteiger partial charge in [-0.1, -0.05) is 36.4 Å². The van der Waals surface area contributed by atoms with E-state index < -0.39 is 0 Å². The molecule has 0 aliphatic rings. The molecule has 0 N–H and O–H groups in total. The number of nitrogens with zero attached hydrogens (tertiary/aromatic N) is 3. The number of aromatic nitrogens is 3. The monoisotopic (exact) mass is 273 g/mol. The van der Waals surface area contributed by atoms with Crippen LogP contribution in [0.5, 0.6) is 0 Å². The maximum absolute atomic E-state index is 4.79. The molecular formula is C18H15N3. The van der Waals surface area contributed by atoms with Gasteiger partial charge < -0.3 is 0 Å². The normalized spacial score (nSPS) is 11.3. The first kappa shape index (κ1) is 12.1. The predicted molar refractivity (Wildman–Crippen MR) is 85.8 cm³/mol. The van der Waals surface area contributed by atoms with Gasteiger partial charge in [-0.3, -0.25) is 4.98 Å². The Labute approximate surface area is 122 Å². The Kier molecular flexibility index (Phi) is 2.54. The minimum absolute atomic E-state index is 0.974. The minimum Gasteiger partial charge on any atom is -0.251 e. The summed E-state index contributed by atoms with van der Waals surface area (Å²) in [5.74, 6) is 0. The second kappa shape index (κ2) is 4.42. The van der Waals surface area contributed by atoms with E-state index in [4.69, 9.17) is 5.10 Å². The van der Waals surface area contributed by atoms with E-state index >= 15 is 0 Å².